The molecule has 108 valence electrons. The maximum Gasteiger partial charge on any atom is 0.251 e. The Morgan fingerprint density at radius 3 is 2.86 bits per heavy atom. The van der Waals surface area contributed by atoms with E-state index in [0.29, 0.717) is 15.8 Å². The lowest BCUT2D eigenvalue weighted by Gasteiger charge is -2.03. The van der Waals surface area contributed by atoms with Gasteiger partial charge in [0.25, 0.3) is 5.91 Å². The number of fused-ring (bicyclic) bond motifs is 1. The molecule has 3 rings (SSSR count). The maximum atomic E-state index is 13.1. The first-order valence-electron chi connectivity index (χ1n) is 5.95. The zero-order valence-corrected chi connectivity index (χ0v) is 11.6. The number of aryl methyl sites for hydroxylation is 1. The van der Waals surface area contributed by atoms with Gasteiger partial charge < -0.3 is 5.32 Å². The number of carbonyl (C=O) groups is 1. The van der Waals surface area contributed by atoms with E-state index in [0.717, 1.165) is 12.1 Å². The van der Waals surface area contributed by atoms with Crippen LogP contribution in [-0.4, -0.2) is 25.7 Å². The fraction of sp³-hybridized carbons (Fsp3) is 0.167. The number of hydrogen-bond acceptors (Lipinski definition) is 5. The van der Waals surface area contributed by atoms with Gasteiger partial charge in [0.05, 0.1) is 6.54 Å². The lowest BCUT2D eigenvalue weighted by Crippen LogP contribution is -2.23. The first-order chi connectivity index (χ1) is 10.0. The van der Waals surface area contributed by atoms with Crippen molar-refractivity contribution in [2.75, 3.05) is 0 Å². The Morgan fingerprint density at radius 1 is 1.33 bits per heavy atom. The topological polar surface area (TPSA) is 72.2 Å². The molecule has 0 saturated carbocycles. The second-order valence-corrected chi connectivity index (χ2v) is 5.29. The van der Waals surface area contributed by atoms with E-state index in [-0.39, 0.29) is 12.1 Å². The largest absolute Gasteiger partial charge is 0.345 e. The molecule has 6 nitrogen and oxygen atoms in total. The van der Waals surface area contributed by atoms with Crippen LogP contribution in [0.25, 0.3) is 4.96 Å². The van der Waals surface area contributed by atoms with Crippen LogP contribution >= 0.6 is 11.3 Å². The summed E-state index contributed by atoms with van der Waals surface area (Å²) in [7, 11) is 0. The van der Waals surface area contributed by atoms with Gasteiger partial charge in [0, 0.05) is 5.56 Å². The van der Waals surface area contributed by atoms with Gasteiger partial charge in [0.2, 0.25) is 4.96 Å². The molecule has 2 aromatic heterocycles. The average Bonchev–Trinajstić information content (AvgIpc) is 3.01. The van der Waals surface area contributed by atoms with Crippen LogP contribution in [0.15, 0.2) is 18.2 Å². The molecule has 0 fully saturated rings. The summed E-state index contributed by atoms with van der Waals surface area (Å²) in [6.45, 7) is 1.94. The Hall–Kier alpha value is -2.42. The van der Waals surface area contributed by atoms with Gasteiger partial charge >= 0.3 is 0 Å². The van der Waals surface area contributed by atoms with Crippen molar-refractivity contribution in [2.24, 2.45) is 0 Å². The molecule has 0 aliphatic heterocycles. The van der Waals surface area contributed by atoms with Crippen LogP contribution in [0.4, 0.5) is 8.78 Å². The second kappa shape index (κ2) is 5.17. The number of aromatic nitrogens is 4. The van der Waals surface area contributed by atoms with Gasteiger partial charge in [-0.05, 0) is 25.1 Å². The van der Waals surface area contributed by atoms with Crippen molar-refractivity contribution in [1.29, 1.82) is 0 Å². The van der Waals surface area contributed by atoms with Crippen LogP contribution in [0.3, 0.4) is 0 Å². The molecule has 2 heterocycles. The SMILES string of the molecule is Cc1nnc2sc(CNC(=O)c3ccc(F)c(F)c3)nn12. The molecule has 0 spiro atoms. The first-order valence-corrected chi connectivity index (χ1v) is 6.77. The quantitative estimate of drug-likeness (QED) is 0.799. The summed E-state index contributed by atoms with van der Waals surface area (Å²) >= 11 is 1.29. The molecule has 0 radical (unpaired) electrons. The Bertz CT molecular complexity index is 828. The van der Waals surface area contributed by atoms with Gasteiger partial charge in [-0.3, -0.25) is 4.79 Å². The molecule has 0 saturated heterocycles. The minimum Gasteiger partial charge on any atom is -0.345 e. The monoisotopic (exact) mass is 309 g/mol. The number of rotatable bonds is 3. The van der Waals surface area contributed by atoms with Crippen molar-refractivity contribution < 1.29 is 13.6 Å². The average molecular weight is 309 g/mol. The highest BCUT2D eigenvalue weighted by atomic mass is 32.1. The molecule has 1 N–H and O–H groups in total. The van der Waals surface area contributed by atoms with E-state index in [2.05, 4.69) is 20.6 Å². The summed E-state index contributed by atoms with van der Waals surface area (Å²) in [5.74, 6) is -1.90. The van der Waals surface area contributed by atoms with E-state index in [1.165, 1.54) is 17.4 Å². The van der Waals surface area contributed by atoms with Crippen molar-refractivity contribution in [1.82, 2.24) is 25.1 Å². The molecular formula is C12H9F2N5OS. The highest BCUT2D eigenvalue weighted by Gasteiger charge is 2.12. The van der Waals surface area contributed by atoms with E-state index in [4.69, 9.17) is 0 Å². The third kappa shape index (κ3) is 2.59. The molecule has 0 aliphatic rings. The summed E-state index contributed by atoms with van der Waals surface area (Å²) in [5.41, 5.74) is 0.0491. The Labute approximate surface area is 121 Å². The van der Waals surface area contributed by atoms with E-state index in [9.17, 15) is 13.6 Å². The summed E-state index contributed by atoms with van der Waals surface area (Å²) in [6, 6.07) is 2.99. The lowest BCUT2D eigenvalue weighted by molar-refractivity contribution is 0.0950. The third-order valence-electron chi connectivity index (χ3n) is 2.77. The molecule has 21 heavy (non-hydrogen) atoms. The molecule has 0 atom stereocenters. The Balaban J connectivity index is 1.71. The maximum absolute atomic E-state index is 13.1. The highest BCUT2D eigenvalue weighted by Crippen LogP contribution is 2.14. The standard InChI is InChI=1S/C12H9F2N5OS/c1-6-16-17-12-19(6)18-10(21-12)5-15-11(20)7-2-3-8(13)9(14)4-7/h2-4H,5H2,1H3,(H,15,20). The summed E-state index contributed by atoms with van der Waals surface area (Å²) < 4.78 is 27.4. The number of hydrogen-bond donors (Lipinski definition) is 1. The van der Waals surface area contributed by atoms with Gasteiger partial charge in [-0.25, -0.2) is 8.78 Å². The number of amides is 1. The lowest BCUT2D eigenvalue weighted by atomic mass is 10.2. The number of benzene rings is 1. The van der Waals surface area contributed by atoms with Crippen molar-refractivity contribution >= 4 is 22.2 Å². The molecular weight excluding hydrogens is 300 g/mol. The minimum absolute atomic E-state index is 0.0491. The molecule has 1 aromatic carbocycles. The van der Waals surface area contributed by atoms with Crippen LogP contribution in [0, 0.1) is 18.6 Å². The van der Waals surface area contributed by atoms with Gasteiger partial charge in [0.15, 0.2) is 17.5 Å². The van der Waals surface area contributed by atoms with E-state index in [1.54, 1.807) is 11.4 Å². The second-order valence-electron chi connectivity index (χ2n) is 4.25. The van der Waals surface area contributed by atoms with Gasteiger partial charge in [0.1, 0.15) is 5.01 Å². The summed E-state index contributed by atoms with van der Waals surface area (Å²) in [5, 5.41) is 15.2. The Kier molecular flexibility index (Phi) is 3.34. The van der Waals surface area contributed by atoms with Crippen molar-refractivity contribution in [3.05, 3.63) is 46.2 Å². The number of nitrogens with one attached hydrogen (secondary N) is 1. The normalized spacial score (nSPS) is 11.0. The summed E-state index contributed by atoms with van der Waals surface area (Å²) in [6.07, 6.45) is 0. The number of carbonyl (C=O) groups excluding carboxylic acids is 1. The zero-order chi connectivity index (χ0) is 15.0. The van der Waals surface area contributed by atoms with E-state index < -0.39 is 17.5 Å². The van der Waals surface area contributed by atoms with Crippen molar-refractivity contribution in [3.63, 3.8) is 0 Å². The molecule has 1 amide bonds. The zero-order valence-electron chi connectivity index (χ0n) is 10.8. The predicted octanol–water partition coefficient (Wildman–Crippen LogP) is 1.70. The highest BCUT2D eigenvalue weighted by molar-refractivity contribution is 7.16. The van der Waals surface area contributed by atoms with Crippen LogP contribution in [0.1, 0.15) is 21.2 Å². The molecule has 0 bridgehead atoms. The predicted molar refractivity (Wildman–Crippen MR) is 70.9 cm³/mol. The first kappa shape index (κ1) is 13.6. The Morgan fingerprint density at radius 2 is 2.14 bits per heavy atom. The van der Waals surface area contributed by atoms with Gasteiger partial charge in [-0.1, -0.05) is 11.3 Å². The fourth-order valence-corrected chi connectivity index (χ4v) is 2.54. The molecule has 3 aromatic rings. The van der Waals surface area contributed by atoms with Crippen LogP contribution in [-0.2, 0) is 6.54 Å². The number of halogens is 2. The fourth-order valence-electron chi connectivity index (χ4n) is 1.72. The molecule has 0 aliphatic carbocycles. The van der Waals surface area contributed by atoms with Gasteiger partial charge in [-0.15, -0.1) is 10.2 Å². The van der Waals surface area contributed by atoms with Crippen molar-refractivity contribution in [2.45, 2.75) is 13.5 Å². The smallest absolute Gasteiger partial charge is 0.251 e. The minimum atomic E-state index is -1.06. The van der Waals surface area contributed by atoms with Crippen LogP contribution < -0.4 is 5.32 Å². The molecule has 0 unspecified atom stereocenters. The number of nitrogens with zero attached hydrogens (tertiary/aromatic N) is 4. The van der Waals surface area contributed by atoms with Crippen molar-refractivity contribution in [3.8, 4) is 0 Å². The van der Waals surface area contributed by atoms with Crippen LogP contribution in [0.5, 0.6) is 0 Å². The van der Waals surface area contributed by atoms with Gasteiger partial charge in [-0.2, -0.15) is 9.61 Å². The molecule has 9 heteroatoms. The summed E-state index contributed by atoms with van der Waals surface area (Å²) in [4.78, 5) is 12.5. The third-order valence-corrected chi connectivity index (χ3v) is 3.67. The van der Waals surface area contributed by atoms with Crippen LogP contribution in [0.2, 0.25) is 0 Å². The van der Waals surface area contributed by atoms with E-state index >= 15 is 0 Å². The van der Waals surface area contributed by atoms with E-state index in [1.807, 2.05) is 0 Å².